The number of rotatable bonds is 3. The van der Waals surface area contributed by atoms with Gasteiger partial charge in [0.25, 0.3) is 0 Å². The van der Waals surface area contributed by atoms with E-state index in [1.165, 1.54) is 6.92 Å². The van der Waals surface area contributed by atoms with E-state index in [9.17, 15) is 22.8 Å². The number of benzene rings is 1. The molecule has 0 aliphatic rings. The third kappa shape index (κ3) is 4.03. The molecule has 7 heteroatoms. The fraction of sp³-hybridized carbons (Fsp3) is 0.273. The molecule has 0 atom stereocenters. The van der Waals surface area contributed by atoms with Crippen LogP contribution in [0.1, 0.15) is 18.9 Å². The summed E-state index contributed by atoms with van der Waals surface area (Å²) in [5.41, 5.74) is -1.10. The number of carbonyl (C=O) groups is 2. The molecule has 0 aromatic heterocycles. The number of ketones is 1. The van der Waals surface area contributed by atoms with Gasteiger partial charge in [0.05, 0.1) is 10.6 Å². The Bertz CT molecular complexity index is 483. The minimum atomic E-state index is -4.64. The zero-order valence-corrected chi connectivity index (χ0v) is 9.93. The molecular formula is C11H8ClF3O3. The van der Waals surface area contributed by atoms with Crippen molar-refractivity contribution in [3.05, 3.63) is 28.8 Å². The Kier molecular flexibility index (Phi) is 4.34. The van der Waals surface area contributed by atoms with Crippen molar-refractivity contribution in [3.8, 4) is 5.75 Å². The van der Waals surface area contributed by atoms with E-state index in [2.05, 4.69) is 4.74 Å². The molecule has 0 radical (unpaired) electrons. The molecule has 0 heterocycles. The molecule has 1 rings (SSSR count). The van der Waals surface area contributed by atoms with Crippen LogP contribution in [0.5, 0.6) is 5.75 Å². The second-order valence-corrected chi connectivity index (χ2v) is 3.90. The molecule has 0 bridgehead atoms. The predicted molar refractivity (Wildman–Crippen MR) is 57.4 cm³/mol. The largest absolute Gasteiger partial charge is 0.426 e. The molecule has 0 aliphatic heterocycles. The SMILES string of the molecule is CC(=O)CC(=O)Oc1ccc(Cl)c(C(F)(F)F)c1. The lowest BCUT2D eigenvalue weighted by Crippen LogP contribution is -2.13. The Morgan fingerprint density at radius 3 is 2.44 bits per heavy atom. The molecular weight excluding hydrogens is 273 g/mol. The lowest BCUT2D eigenvalue weighted by molar-refractivity contribution is -0.140. The summed E-state index contributed by atoms with van der Waals surface area (Å²) in [5.74, 6) is -1.67. The quantitative estimate of drug-likeness (QED) is 0.485. The van der Waals surface area contributed by atoms with Crippen molar-refractivity contribution in [2.45, 2.75) is 19.5 Å². The summed E-state index contributed by atoms with van der Waals surface area (Å²) in [4.78, 5) is 21.7. The molecule has 3 nitrogen and oxygen atoms in total. The van der Waals surface area contributed by atoms with Crippen LogP contribution in [0.15, 0.2) is 18.2 Å². The zero-order valence-electron chi connectivity index (χ0n) is 9.18. The molecule has 98 valence electrons. The van der Waals surface area contributed by atoms with E-state index in [1.54, 1.807) is 0 Å². The van der Waals surface area contributed by atoms with E-state index >= 15 is 0 Å². The van der Waals surface area contributed by atoms with Crippen LogP contribution in [0.3, 0.4) is 0 Å². The van der Waals surface area contributed by atoms with E-state index in [4.69, 9.17) is 11.6 Å². The van der Waals surface area contributed by atoms with Crippen molar-refractivity contribution in [1.82, 2.24) is 0 Å². The summed E-state index contributed by atoms with van der Waals surface area (Å²) in [7, 11) is 0. The van der Waals surface area contributed by atoms with Gasteiger partial charge in [0.15, 0.2) is 0 Å². The number of Topliss-reactive ketones (excluding diaryl/α,β-unsaturated/α-hetero) is 1. The Morgan fingerprint density at radius 2 is 1.94 bits per heavy atom. The topological polar surface area (TPSA) is 43.4 Å². The highest BCUT2D eigenvalue weighted by atomic mass is 35.5. The van der Waals surface area contributed by atoms with Crippen molar-refractivity contribution in [1.29, 1.82) is 0 Å². The zero-order chi connectivity index (χ0) is 13.9. The maximum Gasteiger partial charge on any atom is 0.417 e. The van der Waals surface area contributed by atoms with Gasteiger partial charge in [-0.1, -0.05) is 11.6 Å². The maximum atomic E-state index is 12.5. The van der Waals surface area contributed by atoms with E-state index in [0.29, 0.717) is 6.07 Å². The summed E-state index contributed by atoms with van der Waals surface area (Å²) in [6, 6.07) is 2.71. The highest BCUT2D eigenvalue weighted by Gasteiger charge is 2.33. The first-order valence-corrected chi connectivity index (χ1v) is 5.15. The highest BCUT2D eigenvalue weighted by molar-refractivity contribution is 6.31. The lowest BCUT2D eigenvalue weighted by Gasteiger charge is -2.10. The molecule has 0 spiro atoms. The summed E-state index contributed by atoms with van der Waals surface area (Å²) in [6.07, 6.45) is -5.13. The smallest absolute Gasteiger partial charge is 0.417 e. The second-order valence-electron chi connectivity index (χ2n) is 3.49. The van der Waals surface area contributed by atoms with E-state index in [1.807, 2.05) is 0 Å². The van der Waals surface area contributed by atoms with Crippen LogP contribution in [0.2, 0.25) is 5.02 Å². The third-order valence-electron chi connectivity index (χ3n) is 1.87. The van der Waals surface area contributed by atoms with Gasteiger partial charge < -0.3 is 4.74 Å². The summed E-state index contributed by atoms with van der Waals surface area (Å²) < 4.78 is 42.1. The number of hydrogen-bond donors (Lipinski definition) is 0. The van der Waals surface area contributed by atoms with Gasteiger partial charge in [-0.25, -0.2) is 0 Å². The van der Waals surface area contributed by atoms with Gasteiger partial charge in [0, 0.05) is 0 Å². The van der Waals surface area contributed by atoms with E-state index < -0.39 is 34.9 Å². The molecule has 1 aromatic rings. The van der Waals surface area contributed by atoms with Crippen molar-refractivity contribution in [2.24, 2.45) is 0 Å². The number of hydrogen-bond acceptors (Lipinski definition) is 3. The first-order valence-electron chi connectivity index (χ1n) is 4.77. The summed E-state index contributed by atoms with van der Waals surface area (Å²) in [5, 5.41) is -0.492. The molecule has 0 saturated heterocycles. The van der Waals surface area contributed by atoms with Crippen molar-refractivity contribution in [3.63, 3.8) is 0 Å². The molecule has 0 aliphatic carbocycles. The highest BCUT2D eigenvalue weighted by Crippen LogP contribution is 2.36. The Balaban J connectivity index is 2.92. The van der Waals surface area contributed by atoms with Crippen molar-refractivity contribution < 1.29 is 27.5 Å². The number of alkyl halides is 3. The molecule has 18 heavy (non-hydrogen) atoms. The maximum absolute atomic E-state index is 12.5. The number of halogens is 4. The van der Waals surface area contributed by atoms with Gasteiger partial charge in [0.1, 0.15) is 18.0 Å². The average Bonchev–Trinajstić information content (AvgIpc) is 2.17. The van der Waals surface area contributed by atoms with Crippen LogP contribution in [-0.4, -0.2) is 11.8 Å². The first-order chi connectivity index (χ1) is 8.20. The van der Waals surface area contributed by atoms with Gasteiger partial charge in [-0.2, -0.15) is 13.2 Å². The van der Waals surface area contributed by atoms with Gasteiger partial charge in [0.2, 0.25) is 0 Å². The van der Waals surface area contributed by atoms with Crippen LogP contribution in [0.4, 0.5) is 13.2 Å². The average molecular weight is 281 g/mol. The summed E-state index contributed by atoms with van der Waals surface area (Å²) >= 11 is 5.39. The molecule has 0 unspecified atom stereocenters. The van der Waals surface area contributed by atoms with Crippen LogP contribution < -0.4 is 4.74 Å². The normalized spacial score (nSPS) is 11.2. The number of ether oxygens (including phenoxy) is 1. The molecule has 0 saturated carbocycles. The van der Waals surface area contributed by atoms with Crippen LogP contribution in [0.25, 0.3) is 0 Å². The molecule has 0 amide bonds. The second kappa shape index (κ2) is 5.39. The first kappa shape index (κ1) is 14.5. The minimum absolute atomic E-state index is 0.307. The fourth-order valence-electron chi connectivity index (χ4n) is 1.16. The van der Waals surface area contributed by atoms with Crippen LogP contribution >= 0.6 is 11.6 Å². The molecule has 0 N–H and O–H groups in total. The Hall–Kier alpha value is -1.56. The van der Waals surface area contributed by atoms with Crippen LogP contribution in [-0.2, 0) is 15.8 Å². The number of carbonyl (C=O) groups excluding carboxylic acids is 2. The Morgan fingerprint density at radius 1 is 1.33 bits per heavy atom. The van der Waals surface area contributed by atoms with Crippen molar-refractivity contribution >= 4 is 23.4 Å². The molecule has 0 fully saturated rings. The standard InChI is InChI=1S/C11H8ClF3O3/c1-6(16)4-10(17)18-7-2-3-9(12)8(5-7)11(13,14)15/h2-3,5H,4H2,1H3. The summed E-state index contributed by atoms with van der Waals surface area (Å²) in [6.45, 7) is 1.17. The monoisotopic (exact) mass is 280 g/mol. The van der Waals surface area contributed by atoms with Crippen molar-refractivity contribution in [2.75, 3.05) is 0 Å². The van der Waals surface area contributed by atoms with Gasteiger partial charge >= 0.3 is 12.1 Å². The van der Waals surface area contributed by atoms with E-state index in [0.717, 1.165) is 12.1 Å². The van der Waals surface area contributed by atoms with Crippen LogP contribution in [0, 0.1) is 0 Å². The Labute approximate surface area is 105 Å². The lowest BCUT2D eigenvalue weighted by atomic mass is 10.2. The fourth-order valence-corrected chi connectivity index (χ4v) is 1.38. The molecule has 1 aromatic carbocycles. The van der Waals surface area contributed by atoms with Gasteiger partial charge in [-0.3, -0.25) is 9.59 Å². The number of esters is 1. The van der Waals surface area contributed by atoms with Gasteiger partial charge in [-0.05, 0) is 25.1 Å². The minimum Gasteiger partial charge on any atom is -0.426 e. The predicted octanol–water partition coefficient (Wildman–Crippen LogP) is 3.24. The third-order valence-corrected chi connectivity index (χ3v) is 2.20. The van der Waals surface area contributed by atoms with E-state index in [-0.39, 0.29) is 5.75 Å². The van der Waals surface area contributed by atoms with Gasteiger partial charge in [-0.15, -0.1) is 0 Å².